The number of nitrogens with one attached hydrogen (secondary N) is 1. The standard InChI is InChI=1S/C10H14ClN3O/c11-7-4-9(12)10(13-5-7)14-8-2-1-3-15-6-8/h4-5,8H,1-3,6,12H2,(H,13,14). The maximum Gasteiger partial charge on any atom is 0.149 e. The Morgan fingerprint density at radius 2 is 2.47 bits per heavy atom. The van der Waals surface area contributed by atoms with Gasteiger partial charge in [0.15, 0.2) is 0 Å². The van der Waals surface area contributed by atoms with Crippen molar-refractivity contribution in [2.45, 2.75) is 18.9 Å². The highest BCUT2D eigenvalue weighted by Gasteiger charge is 2.14. The summed E-state index contributed by atoms with van der Waals surface area (Å²) in [6, 6.07) is 2.00. The van der Waals surface area contributed by atoms with E-state index in [0.717, 1.165) is 19.4 Å². The molecule has 1 atom stereocenters. The van der Waals surface area contributed by atoms with Crippen LogP contribution in [0.4, 0.5) is 11.5 Å². The third kappa shape index (κ3) is 2.73. The van der Waals surface area contributed by atoms with Crippen LogP contribution in [-0.2, 0) is 4.74 Å². The second-order valence-electron chi connectivity index (χ2n) is 3.65. The summed E-state index contributed by atoms with van der Waals surface area (Å²) in [5.41, 5.74) is 6.37. The Morgan fingerprint density at radius 1 is 1.60 bits per heavy atom. The fraction of sp³-hybridized carbons (Fsp3) is 0.500. The van der Waals surface area contributed by atoms with Crippen molar-refractivity contribution in [3.8, 4) is 0 Å². The number of hydrogen-bond donors (Lipinski definition) is 2. The van der Waals surface area contributed by atoms with Gasteiger partial charge in [-0.05, 0) is 18.9 Å². The van der Waals surface area contributed by atoms with Gasteiger partial charge in [0, 0.05) is 12.8 Å². The Morgan fingerprint density at radius 3 is 3.13 bits per heavy atom. The van der Waals surface area contributed by atoms with E-state index in [0.29, 0.717) is 29.2 Å². The molecule has 0 aromatic carbocycles. The van der Waals surface area contributed by atoms with Crippen molar-refractivity contribution in [3.05, 3.63) is 17.3 Å². The fourth-order valence-electron chi connectivity index (χ4n) is 1.62. The Labute approximate surface area is 93.8 Å². The van der Waals surface area contributed by atoms with Gasteiger partial charge in [-0.3, -0.25) is 0 Å². The van der Waals surface area contributed by atoms with E-state index >= 15 is 0 Å². The zero-order chi connectivity index (χ0) is 10.7. The third-order valence-corrected chi connectivity index (χ3v) is 2.59. The Hall–Kier alpha value is -1.00. The number of nitrogen functional groups attached to an aromatic ring is 1. The van der Waals surface area contributed by atoms with E-state index in [1.54, 1.807) is 12.3 Å². The highest BCUT2D eigenvalue weighted by Crippen LogP contribution is 2.21. The molecule has 1 fully saturated rings. The number of aromatic nitrogens is 1. The van der Waals surface area contributed by atoms with Crippen LogP contribution in [0, 0.1) is 0 Å². The first-order chi connectivity index (χ1) is 7.25. The van der Waals surface area contributed by atoms with Crippen LogP contribution in [0.15, 0.2) is 12.3 Å². The smallest absolute Gasteiger partial charge is 0.149 e. The molecular formula is C10H14ClN3O. The molecule has 1 unspecified atom stereocenters. The monoisotopic (exact) mass is 227 g/mol. The van der Waals surface area contributed by atoms with E-state index < -0.39 is 0 Å². The second kappa shape index (κ2) is 4.68. The molecule has 2 rings (SSSR count). The van der Waals surface area contributed by atoms with Gasteiger partial charge in [0.1, 0.15) is 5.82 Å². The SMILES string of the molecule is Nc1cc(Cl)cnc1NC1CCCOC1. The molecule has 0 radical (unpaired) electrons. The van der Waals surface area contributed by atoms with E-state index in [1.165, 1.54) is 0 Å². The summed E-state index contributed by atoms with van der Waals surface area (Å²) < 4.78 is 5.36. The predicted molar refractivity (Wildman–Crippen MR) is 61.1 cm³/mol. The summed E-state index contributed by atoms with van der Waals surface area (Å²) in [5, 5.41) is 3.81. The molecule has 0 bridgehead atoms. The van der Waals surface area contributed by atoms with Crippen molar-refractivity contribution in [3.63, 3.8) is 0 Å². The van der Waals surface area contributed by atoms with Gasteiger partial charge in [-0.1, -0.05) is 11.6 Å². The molecule has 1 aromatic rings. The summed E-state index contributed by atoms with van der Waals surface area (Å²) in [5.74, 6) is 0.690. The molecule has 0 amide bonds. The summed E-state index contributed by atoms with van der Waals surface area (Å²) >= 11 is 5.76. The average Bonchev–Trinajstić information content (AvgIpc) is 2.24. The number of halogens is 1. The maximum absolute atomic E-state index is 5.79. The minimum Gasteiger partial charge on any atom is -0.396 e. The molecule has 15 heavy (non-hydrogen) atoms. The van der Waals surface area contributed by atoms with E-state index in [4.69, 9.17) is 22.1 Å². The Bertz CT molecular complexity index is 339. The van der Waals surface area contributed by atoms with Gasteiger partial charge in [-0.15, -0.1) is 0 Å². The van der Waals surface area contributed by atoms with Gasteiger partial charge in [0.2, 0.25) is 0 Å². The molecule has 0 spiro atoms. The molecule has 1 aliphatic heterocycles. The molecule has 1 aromatic heterocycles. The number of pyridine rings is 1. The Balaban J connectivity index is 2.03. The number of rotatable bonds is 2. The van der Waals surface area contributed by atoms with E-state index in [-0.39, 0.29) is 0 Å². The lowest BCUT2D eigenvalue weighted by molar-refractivity contribution is 0.0875. The highest BCUT2D eigenvalue weighted by molar-refractivity contribution is 6.30. The number of anilines is 2. The molecule has 82 valence electrons. The van der Waals surface area contributed by atoms with E-state index in [9.17, 15) is 0 Å². The third-order valence-electron chi connectivity index (χ3n) is 2.38. The van der Waals surface area contributed by atoms with Crippen LogP contribution in [0.2, 0.25) is 5.02 Å². The first-order valence-corrected chi connectivity index (χ1v) is 5.39. The van der Waals surface area contributed by atoms with Crippen LogP contribution in [0.1, 0.15) is 12.8 Å². The largest absolute Gasteiger partial charge is 0.396 e. The summed E-state index contributed by atoms with van der Waals surface area (Å²) in [7, 11) is 0. The van der Waals surface area contributed by atoms with Gasteiger partial charge < -0.3 is 15.8 Å². The zero-order valence-electron chi connectivity index (χ0n) is 8.37. The van der Waals surface area contributed by atoms with Crippen LogP contribution >= 0.6 is 11.6 Å². The van der Waals surface area contributed by atoms with Gasteiger partial charge >= 0.3 is 0 Å². The predicted octanol–water partition coefficient (Wildman–Crippen LogP) is 1.91. The lowest BCUT2D eigenvalue weighted by atomic mass is 10.1. The lowest BCUT2D eigenvalue weighted by Gasteiger charge is -2.24. The summed E-state index contributed by atoms with van der Waals surface area (Å²) in [6.07, 6.45) is 3.75. The van der Waals surface area contributed by atoms with Gasteiger partial charge in [-0.2, -0.15) is 0 Å². The van der Waals surface area contributed by atoms with Crippen LogP contribution in [-0.4, -0.2) is 24.2 Å². The van der Waals surface area contributed by atoms with Crippen LogP contribution < -0.4 is 11.1 Å². The van der Waals surface area contributed by atoms with E-state index in [2.05, 4.69) is 10.3 Å². The topological polar surface area (TPSA) is 60.2 Å². The molecule has 1 aliphatic rings. The van der Waals surface area contributed by atoms with Crippen molar-refractivity contribution >= 4 is 23.1 Å². The number of ether oxygens (including phenoxy) is 1. The highest BCUT2D eigenvalue weighted by atomic mass is 35.5. The lowest BCUT2D eigenvalue weighted by Crippen LogP contribution is -2.30. The van der Waals surface area contributed by atoms with Crippen LogP contribution in [0.5, 0.6) is 0 Å². The maximum atomic E-state index is 5.79. The van der Waals surface area contributed by atoms with Crippen LogP contribution in [0.3, 0.4) is 0 Å². The van der Waals surface area contributed by atoms with Crippen molar-refractivity contribution in [2.24, 2.45) is 0 Å². The molecule has 5 heteroatoms. The van der Waals surface area contributed by atoms with Gasteiger partial charge in [0.05, 0.1) is 23.4 Å². The first-order valence-electron chi connectivity index (χ1n) is 5.01. The average molecular weight is 228 g/mol. The second-order valence-corrected chi connectivity index (χ2v) is 4.09. The molecule has 4 nitrogen and oxygen atoms in total. The molecule has 1 saturated heterocycles. The van der Waals surface area contributed by atoms with Crippen molar-refractivity contribution in [1.82, 2.24) is 4.98 Å². The zero-order valence-corrected chi connectivity index (χ0v) is 9.13. The van der Waals surface area contributed by atoms with Crippen molar-refractivity contribution in [1.29, 1.82) is 0 Å². The number of hydrogen-bond acceptors (Lipinski definition) is 4. The van der Waals surface area contributed by atoms with Crippen molar-refractivity contribution in [2.75, 3.05) is 24.3 Å². The fourth-order valence-corrected chi connectivity index (χ4v) is 1.79. The summed E-state index contributed by atoms with van der Waals surface area (Å²) in [6.45, 7) is 1.56. The molecule has 0 saturated carbocycles. The number of nitrogens with two attached hydrogens (primary N) is 1. The van der Waals surface area contributed by atoms with Gasteiger partial charge in [-0.25, -0.2) is 4.98 Å². The minimum atomic E-state index is 0.301. The van der Waals surface area contributed by atoms with E-state index in [1.807, 2.05) is 0 Å². The van der Waals surface area contributed by atoms with Crippen molar-refractivity contribution < 1.29 is 4.74 Å². The minimum absolute atomic E-state index is 0.301. The first kappa shape index (κ1) is 10.5. The quantitative estimate of drug-likeness (QED) is 0.810. The molecular weight excluding hydrogens is 214 g/mol. The number of nitrogens with zero attached hydrogens (tertiary/aromatic N) is 1. The van der Waals surface area contributed by atoms with Gasteiger partial charge in [0.25, 0.3) is 0 Å². The summed E-state index contributed by atoms with van der Waals surface area (Å²) in [4.78, 5) is 4.15. The molecule has 2 heterocycles. The normalized spacial score (nSPS) is 21.3. The Kier molecular flexibility index (Phi) is 3.28. The molecule has 3 N–H and O–H groups in total. The van der Waals surface area contributed by atoms with Crippen LogP contribution in [0.25, 0.3) is 0 Å². The molecule has 0 aliphatic carbocycles.